The summed E-state index contributed by atoms with van der Waals surface area (Å²) in [4.78, 5) is 1.15. The minimum absolute atomic E-state index is 0.249. The molecule has 0 spiro atoms. The zero-order valence-electron chi connectivity index (χ0n) is 10.6. The second kappa shape index (κ2) is 4.99. The van der Waals surface area contributed by atoms with Gasteiger partial charge in [0.2, 0.25) is 0 Å². The van der Waals surface area contributed by atoms with Crippen molar-refractivity contribution in [3.8, 4) is 11.8 Å². The highest BCUT2D eigenvalue weighted by atomic mass is 32.2. The van der Waals surface area contributed by atoms with Crippen molar-refractivity contribution in [3.63, 3.8) is 0 Å². The summed E-state index contributed by atoms with van der Waals surface area (Å²) in [5.74, 6) is 0.571. The molecule has 0 bridgehead atoms. The lowest BCUT2D eigenvalue weighted by Crippen LogP contribution is -1.99. The second-order valence-electron chi connectivity index (χ2n) is 4.45. The molecule has 2 aromatic rings. The molecule has 1 aliphatic heterocycles. The van der Waals surface area contributed by atoms with Gasteiger partial charge in [0.25, 0.3) is 0 Å². The van der Waals surface area contributed by atoms with E-state index < -0.39 is 0 Å². The van der Waals surface area contributed by atoms with Gasteiger partial charge < -0.3 is 4.74 Å². The minimum atomic E-state index is -0.249. The van der Waals surface area contributed by atoms with Crippen molar-refractivity contribution in [1.29, 1.82) is 5.26 Å². The van der Waals surface area contributed by atoms with Gasteiger partial charge in [-0.1, -0.05) is 24.3 Å². The molecule has 0 fully saturated rings. The average molecular weight is 267 g/mol. The molecular weight excluding hydrogens is 254 g/mol. The highest BCUT2D eigenvalue weighted by molar-refractivity contribution is 7.98. The lowest BCUT2D eigenvalue weighted by Gasteiger charge is -2.12. The number of rotatable bonds is 1. The predicted octanol–water partition coefficient (Wildman–Crippen LogP) is 3.96. The van der Waals surface area contributed by atoms with E-state index in [4.69, 9.17) is 4.74 Å². The molecule has 0 saturated carbocycles. The number of hydrogen-bond acceptors (Lipinski definition) is 3. The second-order valence-corrected chi connectivity index (χ2v) is 5.33. The van der Waals surface area contributed by atoms with Gasteiger partial charge >= 0.3 is 0 Å². The number of ether oxygens (including phenoxy) is 1. The van der Waals surface area contributed by atoms with Crippen LogP contribution >= 0.6 is 11.8 Å². The van der Waals surface area contributed by atoms with E-state index >= 15 is 0 Å². The number of fused-ring (bicyclic) bond motifs is 2. The van der Waals surface area contributed by atoms with Gasteiger partial charge in [0.1, 0.15) is 18.3 Å². The molecule has 1 atom stereocenters. The molecule has 94 valence electrons. The van der Waals surface area contributed by atoms with E-state index in [0.717, 1.165) is 27.3 Å². The van der Waals surface area contributed by atoms with E-state index in [1.165, 1.54) is 0 Å². The molecular formula is C16H13NOS. The Morgan fingerprint density at radius 3 is 2.84 bits per heavy atom. The lowest BCUT2D eigenvalue weighted by atomic mass is 9.90. The summed E-state index contributed by atoms with van der Waals surface area (Å²) >= 11 is 1.68. The number of thioether (sulfide) groups is 1. The highest BCUT2D eigenvalue weighted by Gasteiger charge is 2.24. The molecule has 1 unspecified atom stereocenters. The molecule has 0 amide bonds. The lowest BCUT2D eigenvalue weighted by molar-refractivity contribution is 0.306. The number of nitrogens with zero attached hydrogens (tertiary/aromatic N) is 1. The van der Waals surface area contributed by atoms with Crippen LogP contribution in [0.25, 0.3) is 0 Å². The normalized spacial score (nSPS) is 16.5. The Labute approximate surface area is 117 Å². The molecule has 0 saturated heterocycles. The van der Waals surface area contributed by atoms with Crippen LogP contribution in [0.2, 0.25) is 0 Å². The first kappa shape index (κ1) is 12.1. The van der Waals surface area contributed by atoms with Crippen molar-refractivity contribution in [3.05, 3.63) is 59.2 Å². The Hall–Kier alpha value is -1.92. The van der Waals surface area contributed by atoms with Crippen LogP contribution in [0.4, 0.5) is 0 Å². The van der Waals surface area contributed by atoms with Gasteiger partial charge in [0.15, 0.2) is 0 Å². The van der Waals surface area contributed by atoms with Gasteiger partial charge in [-0.05, 0) is 35.6 Å². The molecule has 0 radical (unpaired) electrons. The third-order valence-corrected chi connectivity index (χ3v) is 4.13. The maximum atomic E-state index is 9.56. The van der Waals surface area contributed by atoms with Crippen molar-refractivity contribution in [2.24, 2.45) is 0 Å². The molecule has 1 heterocycles. The van der Waals surface area contributed by atoms with Gasteiger partial charge in [-0.25, -0.2) is 0 Å². The smallest absolute Gasteiger partial charge is 0.124 e. The quantitative estimate of drug-likeness (QED) is 0.733. The molecule has 0 N–H and O–H groups in total. The fourth-order valence-electron chi connectivity index (χ4n) is 2.42. The minimum Gasteiger partial charge on any atom is -0.489 e. The van der Waals surface area contributed by atoms with Gasteiger partial charge in [0, 0.05) is 10.5 Å². The summed E-state index contributed by atoms with van der Waals surface area (Å²) in [5, 5.41) is 9.56. The van der Waals surface area contributed by atoms with E-state index in [0.29, 0.717) is 6.61 Å². The Balaban J connectivity index is 2.20. The maximum absolute atomic E-state index is 9.56. The molecule has 3 rings (SSSR count). The first-order chi connectivity index (χ1) is 9.33. The Bertz CT molecular complexity index is 660. The van der Waals surface area contributed by atoms with Crippen LogP contribution in [0.5, 0.6) is 5.75 Å². The van der Waals surface area contributed by atoms with Gasteiger partial charge in [0.05, 0.1) is 6.07 Å². The summed E-state index contributed by atoms with van der Waals surface area (Å²) in [6.07, 6.45) is 2.04. The van der Waals surface area contributed by atoms with Crippen LogP contribution in [0.3, 0.4) is 0 Å². The summed E-state index contributed by atoms with van der Waals surface area (Å²) in [6, 6.07) is 16.5. The number of nitriles is 1. The van der Waals surface area contributed by atoms with E-state index in [9.17, 15) is 5.26 Å². The van der Waals surface area contributed by atoms with Crippen LogP contribution in [0.1, 0.15) is 22.6 Å². The van der Waals surface area contributed by atoms with Crippen molar-refractivity contribution >= 4 is 11.8 Å². The molecule has 19 heavy (non-hydrogen) atoms. The van der Waals surface area contributed by atoms with Crippen LogP contribution in [0, 0.1) is 11.3 Å². The first-order valence-corrected chi connectivity index (χ1v) is 7.34. The number of hydrogen-bond donors (Lipinski definition) is 0. The van der Waals surface area contributed by atoms with Gasteiger partial charge in [-0.3, -0.25) is 0 Å². The monoisotopic (exact) mass is 267 g/mol. The van der Waals surface area contributed by atoms with E-state index in [1.807, 2.05) is 42.7 Å². The van der Waals surface area contributed by atoms with E-state index in [1.54, 1.807) is 11.8 Å². The van der Waals surface area contributed by atoms with E-state index in [-0.39, 0.29) is 5.92 Å². The zero-order chi connectivity index (χ0) is 13.2. The molecule has 3 heteroatoms. The van der Waals surface area contributed by atoms with Gasteiger partial charge in [-0.15, -0.1) is 11.8 Å². The fraction of sp³-hybridized carbons (Fsp3) is 0.188. The van der Waals surface area contributed by atoms with Crippen molar-refractivity contribution < 1.29 is 4.74 Å². The third-order valence-electron chi connectivity index (χ3n) is 3.41. The Morgan fingerprint density at radius 1 is 1.21 bits per heavy atom. The Kier molecular flexibility index (Phi) is 3.18. The maximum Gasteiger partial charge on any atom is 0.124 e. The van der Waals surface area contributed by atoms with E-state index in [2.05, 4.69) is 12.1 Å². The predicted molar refractivity (Wildman–Crippen MR) is 76.5 cm³/mol. The molecule has 2 nitrogen and oxygen atoms in total. The standard InChI is InChI=1S/C16H13NOS/c1-19-12-6-7-16-14(8-12)15(9-17)13-5-3-2-4-11(13)10-18-16/h2-8,15H,10H2,1H3. The zero-order valence-corrected chi connectivity index (χ0v) is 11.4. The average Bonchev–Trinajstić information content (AvgIpc) is 2.62. The van der Waals surface area contributed by atoms with Crippen molar-refractivity contribution in [2.45, 2.75) is 17.4 Å². The van der Waals surface area contributed by atoms with Crippen molar-refractivity contribution in [2.75, 3.05) is 6.26 Å². The highest BCUT2D eigenvalue weighted by Crippen LogP contribution is 2.38. The SMILES string of the molecule is CSc1ccc2c(c1)C(C#N)c1ccccc1CO2. The van der Waals surface area contributed by atoms with Crippen LogP contribution in [-0.4, -0.2) is 6.26 Å². The largest absolute Gasteiger partial charge is 0.489 e. The number of benzene rings is 2. The molecule has 1 aliphatic rings. The summed E-state index contributed by atoms with van der Waals surface area (Å²) < 4.78 is 5.85. The topological polar surface area (TPSA) is 33.0 Å². The van der Waals surface area contributed by atoms with Gasteiger partial charge in [-0.2, -0.15) is 5.26 Å². The molecule has 0 aliphatic carbocycles. The third kappa shape index (κ3) is 2.09. The summed E-state index contributed by atoms with van der Waals surface area (Å²) in [5.41, 5.74) is 3.12. The fourth-order valence-corrected chi connectivity index (χ4v) is 2.87. The van der Waals surface area contributed by atoms with Crippen LogP contribution < -0.4 is 4.74 Å². The van der Waals surface area contributed by atoms with Crippen LogP contribution in [-0.2, 0) is 6.61 Å². The first-order valence-electron chi connectivity index (χ1n) is 6.11. The Morgan fingerprint density at radius 2 is 2.05 bits per heavy atom. The summed E-state index contributed by atoms with van der Waals surface area (Å²) in [7, 11) is 0. The molecule has 2 aromatic carbocycles. The molecule has 0 aromatic heterocycles. The summed E-state index contributed by atoms with van der Waals surface area (Å²) in [6.45, 7) is 0.528. The van der Waals surface area contributed by atoms with Crippen molar-refractivity contribution in [1.82, 2.24) is 0 Å². The van der Waals surface area contributed by atoms with Crippen LogP contribution in [0.15, 0.2) is 47.4 Å².